The first-order chi connectivity index (χ1) is 17.9. The fourth-order valence-electron chi connectivity index (χ4n) is 4.30. The first kappa shape index (κ1) is 26.1. The van der Waals surface area contributed by atoms with E-state index in [4.69, 9.17) is 0 Å². The molecule has 4 rings (SSSR count). The zero-order valence-electron chi connectivity index (χ0n) is 20.2. The Labute approximate surface area is 212 Å². The topological polar surface area (TPSA) is 152 Å². The van der Waals surface area contributed by atoms with Crippen LogP contribution in [0.4, 0.5) is 18.9 Å². The van der Waals surface area contributed by atoms with E-state index in [0.29, 0.717) is 4.57 Å². The Morgan fingerprint density at radius 1 is 1.24 bits per heavy atom. The van der Waals surface area contributed by atoms with Crippen LogP contribution >= 0.6 is 0 Å². The number of hydrogen-bond donors (Lipinski definition) is 2. The van der Waals surface area contributed by atoms with E-state index < -0.39 is 46.7 Å². The maximum absolute atomic E-state index is 15.0. The molecule has 1 aromatic carbocycles. The highest BCUT2D eigenvalue weighted by atomic mass is 19.4. The number of hydrogen-bond acceptors (Lipinski definition) is 8. The second-order valence-corrected chi connectivity index (χ2v) is 8.44. The van der Waals surface area contributed by atoms with Crippen LogP contribution in [-0.4, -0.2) is 41.7 Å². The molecule has 0 radical (unpaired) electrons. The zero-order valence-corrected chi connectivity index (χ0v) is 20.2. The van der Waals surface area contributed by atoms with Gasteiger partial charge in [-0.3, -0.25) is 18.8 Å². The summed E-state index contributed by atoms with van der Waals surface area (Å²) in [7, 11) is 2.54. The van der Waals surface area contributed by atoms with Crippen molar-refractivity contribution in [3.8, 4) is 11.8 Å². The van der Waals surface area contributed by atoms with Crippen LogP contribution in [-0.2, 0) is 14.1 Å². The second-order valence-electron chi connectivity index (χ2n) is 8.44. The number of aromatic hydroxyl groups is 1. The molecule has 14 heteroatoms. The van der Waals surface area contributed by atoms with Crippen molar-refractivity contribution in [1.29, 1.82) is 5.26 Å². The highest BCUT2D eigenvalue weighted by Gasteiger charge is 2.51. The van der Waals surface area contributed by atoms with E-state index in [-0.39, 0.29) is 28.1 Å². The number of carbonyl (C=O) groups is 1. The number of amides is 1. The van der Waals surface area contributed by atoms with E-state index >= 15 is 13.2 Å². The van der Waals surface area contributed by atoms with E-state index in [1.54, 1.807) is 0 Å². The zero-order chi connectivity index (χ0) is 27.8. The number of carbonyl (C=O) groups excluding carboxylic acids is 1. The molecule has 2 atom stereocenters. The van der Waals surface area contributed by atoms with Crippen LogP contribution in [0.5, 0.6) is 5.75 Å². The van der Waals surface area contributed by atoms with Gasteiger partial charge in [-0.2, -0.15) is 23.5 Å². The number of anilines is 1. The largest absolute Gasteiger partial charge is 0.501 e. The summed E-state index contributed by atoms with van der Waals surface area (Å²) in [5, 5.41) is 29.9. The van der Waals surface area contributed by atoms with Gasteiger partial charge in [0.1, 0.15) is 23.7 Å². The summed E-state index contributed by atoms with van der Waals surface area (Å²) in [6.45, 7) is 1.52. The van der Waals surface area contributed by atoms with Crippen LogP contribution in [0.3, 0.4) is 0 Å². The molecule has 0 saturated carbocycles. The monoisotopic (exact) mass is 527 g/mol. The van der Waals surface area contributed by atoms with Gasteiger partial charge in [0.15, 0.2) is 5.69 Å². The molecule has 0 spiro atoms. The lowest BCUT2D eigenvalue weighted by atomic mass is 9.78. The number of rotatable bonds is 6. The summed E-state index contributed by atoms with van der Waals surface area (Å²) in [5.41, 5.74) is -1.78. The molecular formula is C24H20F3N7O4. The molecule has 0 fully saturated rings. The van der Waals surface area contributed by atoms with Crippen LogP contribution in [0.25, 0.3) is 0 Å². The third-order valence-corrected chi connectivity index (χ3v) is 5.97. The fraction of sp³-hybridized carbons (Fsp3) is 0.250. The molecule has 0 bridgehead atoms. The van der Waals surface area contributed by atoms with Crippen molar-refractivity contribution in [1.82, 2.24) is 24.5 Å². The first-order valence-electron chi connectivity index (χ1n) is 11.0. The van der Waals surface area contributed by atoms with E-state index in [2.05, 4.69) is 25.1 Å². The summed E-state index contributed by atoms with van der Waals surface area (Å²) in [5.74, 6) is -7.26. The van der Waals surface area contributed by atoms with Crippen molar-refractivity contribution in [3.05, 3.63) is 87.2 Å². The number of nitrogens with one attached hydrogen (secondary N) is 1. The van der Waals surface area contributed by atoms with Crippen molar-refractivity contribution in [3.63, 3.8) is 0 Å². The molecule has 3 heterocycles. The maximum atomic E-state index is 15.0. The Bertz CT molecular complexity index is 1600. The minimum absolute atomic E-state index is 0.0197. The maximum Gasteiger partial charge on any atom is 0.399 e. The molecule has 2 N–H and O–H groups in total. The molecule has 0 aliphatic carbocycles. The Morgan fingerprint density at radius 2 is 1.95 bits per heavy atom. The third kappa shape index (κ3) is 4.73. The van der Waals surface area contributed by atoms with Gasteiger partial charge >= 0.3 is 6.18 Å². The number of halogens is 3. The Kier molecular flexibility index (Phi) is 6.77. The summed E-state index contributed by atoms with van der Waals surface area (Å²) < 4.78 is 51.5. The molecule has 0 aliphatic heterocycles. The summed E-state index contributed by atoms with van der Waals surface area (Å²) in [6.07, 6.45) is -1.50. The van der Waals surface area contributed by atoms with Gasteiger partial charge in [-0.25, -0.2) is 4.98 Å². The van der Waals surface area contributed by atoms with Gasteiger partial charge in [-0.1, -0.05) is 23.4 Å². The predicted molar refractivity (Wildman–Crippen MR) is 125 cm³/mol. The van der Waals surface area contributed by atoms with E-state index in [1.807, 2.05) is 6.07 Å². The summed E-state index contributed by atoms with van der Waals surface area (Å²) >= 11 is 0. The molecule has 38 heavy (non-hydrogen) atoms. The highest BCUT2D eigenvalue weighted by molar-refractivity contribution is 6.04. The Balaban J connectivity index is 2.01. The van der Waals surface area contributed by atoms with Gasteiger partial charge in [-0.05, 0) is 18.6 Å². The van der Waals surface area contributed by atoms with Gasteiger partial charge in [-0.15, -0.1) is 0 Å². The number of nitriles is 1. The van der Waals surface area contributed by atoms with Gasteiger partial charge in [0, 0.05) is 31.8 Å². The number of benzene rings is 1. The Hall–Kier alpha value is -4.93. The normalized spacial score (nSPS) is 13.1. The minimum Gasteiger partial charge on any atom is -0.501 e. The minimum atomic E-state index is -5.04. The molecule has 1 amide bonds. The SMILES string of the molecule is Cc1nn(C)cc1[C@H](c1ccccc1C#N)[C@H](c1nc(C(=O)Nc2cnoc2)c(O)c(=O)n1C)C(F)(F)F. The van der Waals surface area contributed by atoms with Crippen molar-refractivity contribution in [2.45, 2.75) is 24.9 Å². The smallest absolute Gasteiger partial charge is 0.399 e. The quantitative estimate of drug-likeness (QED) is 0.388. The van der Waals surface area contributed by atoms with Crippen LogP contribution < -0.4 is 10.9 Å². The van der Waals surface area contributed by atoms with Crippen LogP contribution in [0.1, 0.15) is 50.5 Å². The van der Waals surface area contributed by atoms with Crippen molar-refractivity contribution < 1.29 is 27.6 Å². The summed E-state index contributed by atoms with van der Waals surface area (Å²) in [6, 6.07) is 7.68. The molecule has 0 aliphatic rings. The van der Waals surface area contributed by atoms with Crippen molar-refractivity contribution >= 4 is 11.6 Å². The molecule has 4 aromatic rings. The fourth-order valence-corrected chi connectivity index (χ4v) is 4.30. The number of aryl methyl sites for hydroxylation is 2. The van der Waals surface area contributed by atoms with Gasteiger partial charge in [0.2, 0.25) is 5.75 Å². The van der Waals surface area contributed by atoms with Gasteiger partial charge in [0.05, 0.1) is 23.5 Å². The van der Waals surface area contributed by atoms with E-state index in [1.165, 1.54) is 49.1 Å². The molecule has 3 aromatic heterocycles. The second kappa shape index (κ2) is 9.85. The molecule has 0 unspecified atom stereocenters. The van der Waals surface area contributed by atoms with E-state index in [9.17, 15) is 20.0 Å². The van der Waals surface area contributed by atoms with Crippen LogP contribution in [0.2, 0.25) is 0 Å². The summed E-state index contributed by atoms with van der Waals surface area (Å²) in [4.78, 5) is 29.5. The number of alkyl halides is 3. The average Bonchev–Trinajstić information content (AvgIpc) is 3.49. The highest BCUT2D eigenvalue weighted by Crippen LogP contribution is 2.48. The standard InChI is InChI=1S/C24H20F3N7O4/c1-12-16(10-33(2)32-12)17(15-7-5-4-6-13(15)8-28)18(24(25,26)27)21-31-19(20(35)23(37)34(21)3)22(36)30-14-9-29-38-11-14/h4-7,9-11,17-18,35H,1-3H3,(H,30,36)/t17-,18+/m0/s1. The van der Waals surface area contributed by atoms with Gasteiger partial charge < -0.3 is 14.9 Å². The van der Waals surface area contributed by atoms with E-state index in [0.717, 1.165) is 19.5 Å². The van der Waals surface area contributed by atoms with Crippen LogP contribution in [0.15, 0.2) is 52.2 Å². The lowest BCUT2D eigenvalue weighted by molar-refractivity contribution is -0.156. The molecular weight excluding hydrogens is 507 g/mol. The number of nitrogens with zero attached hydrogens (tertiary/aromatic N) is 6. The van der Waals surface area contributed by atoms with Gasteiger partial charge in [0.25, 0.3) is 11.5 Å². The Morgan fingerprint density at radius 3 is 2.53 bits per heavy atom. The van der Waals surface area contributed by atoms with Crippen molar-refractivity contribution in [2.24, 2.45) is 14.1 Å². The molecule has 11 nitrogen and oxygen atoms in total. The van der Waals surface area contributed by atoms with Crippen molar-refractivity contribution in [2.75, 3.05) is 5.32 Å². The lowest BCUT2D eigenvalue weighted by Crippen LogP contribution is -2.36. The number of aromatic nitrogens is 5. The predicted octanol–water partition coefficient (Wildman–Crippen LogP) is 3.12. The third-order valence-electron chi connectivity index (χ3n) is 5.97. The first-order valence-corrected chi connectivity index (χ1v) is 11.0. The average molecular weight is 527 g/mol. The molecule has 0 saturated heterocycles. The molecule has 196 valence electrons. The lowest BCUT2D eigenvalue weighted by Gasteiger charge is -2.30. The van der Waals surface area contributed by atoms with Crippen LogP contribution in [0, 0.1) is 18.3 Å².